The molecule has 0 saturated carbocycles. The lowest BCUT2D eigenvalue weighted by atomic mass is 10.2. The number of hydrogen-bond acceptors (Lipinski definition) is 3. The average Bonchev–Trinajstić information content (AvgIpc) is 2.34. The summed E-state index contributed by atoms with van der Waals surface area (Å²) in [6.07, 6.45) is 2.05. The second-order valence-electron chi connectivity index (χ2n) is 2.62. The molecule has 0 saturated heterocycles. The van der Waals surface area contributed by atoms with Gasteiger partial charge in [-0.2, -0.15) is 0 Å². The normalized spacial score (nSPS) is 13.3. The Hall–Kier alpha value is -0.580. The minimum Gasteiger partial charge on any atom is -0.396 e. The summed E-state index contributed by atoms with van der Waals surface area (Å²) in [5, 5.41) is 9.20. The van der Waals surface area contributed by atoms with Crippen molar-refractivity contribution in [2.75, 3.05) is 6.61 Å². The fourth-order valence-corrected chi connectivity index (χ4v) is 1.15. The van der Waals surface area contributed by atoms with Gasteiger partial charge in [0.25, 0.3) is 0 Å². The Balaban J connectivity index is 2.80. The van der Waals surface area contributed by atoms with Crippen molar-refractivity contribution in [3.05, 3.63) is 17.2 Å². The van der Waals surface area contributed by atoms with E-state index in [1.165, 1.54) is 0 Å². The van der Waals surface area contributed by atoms with Gasteiger partial charge in [0.2, 0.25) is 0 Å². The molecule has 0 amide bonds. The molecule has 1 aromatic rings. The van der Waals surface area contributed by atoms with Gasteiger partial charge in [-0.3, -0.25) is 0 Å². The smallest absolute Gasteiger partial charge is 0.128 e. The number of halogens is 1. The molecular weight excluding hydrogens is 178 g/mol. The Bertz CT molecular complexity index is 261. The molecule has 0 aliphatic rings. The third-order valence-electron chi connectivity index (χ3n) is 1.74. The van der Waals surface area contributed by atoms with Crippen LogP contribution in [0.5, 0.6) is 0 Å². The van der Waals surface area contributed by atoms with E-state index < -0.39 is 0 Å². The van der Waals surface area contributed by atoms with Gasteiger partial charge in [0.15, 0.2) is 0 Å². The van der Waals surface area contributed by atoms with Crippen LogP contribution in [0, 0.1) is 0 Å². The topological polar surface area (TPSA) is 64.1 Å². The third kappa shape index (κ3) is 1.77. The maximum Gasteiger partial charge on any atom is 0.128 e. The molecular formula is C7H12ClN3O. The minimum atomic E-state index is -0.243. The zero-order valence-corrected chi connectivity index (χ0v) is 7.62. The Morgan fingerprint density at radius 3 is 2.92 bits per heavy atom. The summed E-state index contributed by atoms with van der Waals surface area (Å²) < 4.78 is 1.71. The second-order valence-corrected chi connectivity index (χ2v) is 3.00. The highest BCUT2D eigenvalue weighted by Crippen LogP contribution is 2.15. The van der Waals surface area contributed by atoms with Crippen molar-refractivity contribution in [1.82, 2.24) is 9.55 Å². The Kier molecular flexibility index (Phi) is 3.08. The Morgan fingerprint density at radius 2 is 2.50 bits per heavy atom. The van der Waals surface area contributed by atoms with Gasteiger partial charge in [-0.15, -0.1) is 0 Å². The van der Waals surface area contributed by atoms with Crippen molar-refractivity contribution in [3.8, 4) is 0 Å². The lowest BCUT2D eigenvalue weighted by Crippen LogP contribution is -2.16. The molecule has 1 aromatic heterocycles. The lowest BCUT2D eigenvalue weighted by Gasteiger charge is -2.09. The van der Waals surface area contributed by atoms with Crippen LogP contribution >= 0.6 is 11.6 Å². The van der Waals surface area contributed by atoms with E-state index in [0.29, 0.717) is 17.4 Å². The first-order chi connectivity index (χ1) is 5.66. The Morgan fingerprint density at radius 1 is 1.83 bits per heavy atom. The highest BCUT2D eigenvalue weighted by molar-refractivity contribution is 6.29. The van der Waals surface area contributed by atoms with E-state index in [-0.39, 0.29) is 12.6 Å². The van der Waals surface area contributed by atoms with Crippen LogP contribution in [0.25, 0.3) is 0 Å². The van der Waals surface area contributed by atoms with E-state index >= 15 is 0 Å². The van der Waals surface area contributed by atoms with E-state index in [4.69, 9.17) is 22.4 Å². The van der Waals surface area contributed by atoms with Crippen LogP contribution in [0.3, 0.4) is 0 Å². The summed E-state index contributed by atoms with van der Waals surface area (Å²) in [7, 11) is 1.79. The van der Waals surface area contributed by atoms with Gasteiger partial charge in [0.1, 0.15) is 11.0 Å². The van der Waals surface area contributed by atoms with Crippen LogP contribution in [0.2, 0.25) is 5.15 Å². The minimum absolute atomic E-state index is 0.0612. The highest BCUT2D eigenvalue weighted by Gasteiger charge is 2.11. The monoisotopic (exact) mass is 189 g/mol. The summed E-state index contributed by atoms with van der Waals surface area (Å²) in [6.45, 7) is 0.0612. The van der Waals surface area contributed by atoms with Gasteiger partial charge in [-0.05, 0) is 6.42 Å². The fraction of sp³-hybridized carbons (Fsp3) is 0.571. The van der Waals surface area contributed by atoms with Crippen molar-refractivity contribution in [2.45, 2.75) is 12.5 Å². The molecule has 12 heavy (non-hydrogen) atoms. The molecule has 3 N–H and O–H groups in total. The Labute approximate surface area is 76.0 Å². The highest BCUT2D eigenvalue weighted by atomic mass is 35.5. The summed E-state index contributed by atoms with van der Waals surface area (Å²) in [6, 6.07) is -0.243. The number of nitrogens with two attached hydrogens (primary N) is 1. The van der Waals surface area contributed by atoms with E-state index in [0.717, 1.165) is 0 Å². The van der Waals surface area contributed by atoms with Crippen molar-refractivity contribution in [1.29, 1.82) is 0 Å². The quantitative estimate of drug-likeness (QED) is 0.726. The molecule has 0 aliphatic heterocycles. The molecule has 0 spiro atoms. The standard InChI is InChI=1S/C7H12ClN3O/c1-11-6(8)4-10-7(11)5(9)2-3-12/h4-5,12H,2-3,9H2,1H3. The molecule has 1 heterocycles. The summed E-state index contributed by atoms with van der Waals surface area (Å²) in [5.41, 5.74) is 5.72. The largest absolute Gasteiger partial charge is 0.396 e. The molecule has 5 heteroatoms. The van der Waals surface area contributed by atoms with Crippen molar-refractivity contribution < 1.29 is 5.11 Å². The van der Waals surface area contributed by atoms with Gasteiger partial charge in [-0.1, -0.05) is 11.6 Å². The average molecular weight is 190 g/mol. The van der Waals surface area contributed by atoms with E-state index in [1.54, 1.807) is 17.8 Å². The number of nitrogens with zero attached hydrogens (tertiary/aromatic N) is 2. The van der Waals surface area contributed by atoms with Crippen molar-refractivity contribution in [2.24, 2.45) is 12.8 Å². The molecule has 0 bridgehead atoms. The maximum atomic E-state index is 8.65. The predicted molar refractivity (Wildman–Crippen MR) is 46.8 cm³/mol. The van der Waals surface area contributed by atoms with Gasteiger partial charge in [0, 0.05) is 13.7 Å². The molecule has 4 nitrogen and oxygen atoms in total. The zero-order chi connectivity index (χ0) is 9.14. The summed E-state index contributed by atoms with van der Waals surface area (Å²) >= 11 is 5.76. The molecule has 1 atom stereocenters. The van der Waals surface area contributed by atoms with Crippen LogP contribution < -0.4 is 5.73 Å². The van der Waals surface area contributed by atoms with Crippen LogP contribution in [0.4, 0.5) is 0 Å². The molecule has 0 aromatic carbocycles. The molecule has 1 rings (SSSR count). The molecule has 68 valence electrons. The zero-order valence-electron chi connectivity index (χ0n) is 6.87. The van der Waals surface area contributed by atoms with Gasteiger partial charge in [-0.25, -0.2) is 4.98 Å². The second kappa shape index (κ2) is 3.89. The van der Waals surface area contributed by atoms with Crippen LogP contribution in [0.15, 0.2) is 6.20 Å². The first-order valence-corrected chi connectivity index (χ1v) is 4.08. The fourth-order valence-electron chi connectivity index (χ4n) is 1.01. The number of rotatable bonds is 3. The third-order valence-corrected chi connectivity index (χ3v) is 2.09. The number of imidazole rings is 1. The van der Waals surface area contributed by atoms with E-state index in [2.05, 4.69) is 4.98 Å². The summed E-state index contributed by atoms with van der Waals surface area (Å²) in [4.78, 5) is 4.03. The van der Waals surface area contributed by atoms with E-state index in [1.807, 2.05) is 0 Å². The number of aliphatic hydroxyl groups excluding tert-OH is 1. The molecule has 0 aliphatic carbocycles. The molecule has 0 fully saturated rings. The van der Waals surface area contributed by atoms with Crippen molar-refractivity contribution in [3.63, 3.8) is 0 Å². The maximum absolute atomic E-state index is 8.65. The van der Waals surface area contributed by atoms with Crippen molar-refractivity contribution >= 4 is 11.6 Å². The molecule has 0 radical (unpaired) electrons. The van der Waals surface area contributed by atoms with Gasteiger partial charge < -0.3 is 15.4 Å². The number of aromatic nitrogens is 2. The SMILES string of the molecule is Cn1c(Cl)cnc1C(N)CCO. The first-order valence-electron chi connectivity index (χ1n) is 3.70. The first kappa shape index (κ1) is 9.51. The van der Waals surface area contributed by atoms with Gasteiger partial charge in [0.05, 0.1) is 12.2 Å². The van der Waals surface area contributed by atoms with Gasteiger partial charge >= 0.3 is 0 Å². The van der Waals surface area contributed by atoms with Crippen LogP contribution in [-0.2, 0) is 7.05 Å². The molecule has 1 unspecified atom stereocenters. The summed E-state index contributed by atoms with van der Waals surface area (Å²) in [5.74, 6) is 0.703. The number of aliphatic hydroxyl groups is 1. The number of hydrogen-bond donors (Lipinski definition) is 2. The lowest BCUT2D eigenvalue weighted by molar-refractivity contribution is 0.274. The van der Waals surface area contributed by atoms with Crippen LogP contribution in [0.1, 0.15) is 18.3 Å². The van der Waals surface area contributed by atoms with Crippen LogP contribution in [-0.4, -0.2) is 21.3 Å². The predicted octanol–water partition coefficient (Wildman–Crippen LogP) is 0.456. The van der Waals surface area contributed by atoms with E-state index in [9.17, 15) is 0 Å².